The van der Waals surface area contributed by atoms with Crippen LogP contribution in [0.25, 0.3) is 131 Å². The van der Waals surface area contributed by atoms with E-state index in [1.807, 2.05) is 0 Å². The first-order valence-electron chi connectivity index (χ1n) is 22.4. The molecule has 0 amide bonds. The van der Waals surface area contributed by atoms with Crippen LogP contribution in [0.3, 0.4) is 0 Å². The van der Waals surface area contributed by atoms with Gasteiger partial charge < -0.3 is 4.42 Å². The van der Waals surface area contributed by atoms with E-state index in [1.54, 1.807) is 0 Å². The predicted octanol–water partition coefficient (Wildman–Crippen LogP) is 17.8. The second-order valence-electron chi connectivity index (χ2n) is 18.3. The molecule has 0 unspecified atom stereocenters. The fourth-order valence-corrected chi connectivity index (χ4v) is 11.8. The summed E-state index contributed by atoms with van der Waals surface area (Å²) in [6.45, 7) is 4.81. The summed E-state index contributed by atoms with van der Waals surface area (Å²) in [4.78, 5) is 0. The Balaban J connectivity index is 0.964. The molecule has 0 spiro atoms. The van der Waals surface area contributed by atoms with Crippen LogP contribution in [0.2, 0.25) is 0 Å². The second kappa shape index (κ2) is 13.0. The highest BCUT2D eigenvalue weighted by Gasteiger charge is 2.38. The minimum absolute atomic E-state index is 0.218. The van der Waals surface area contributed by atoms with Gasteiger partial charge in [-0.2, -0.15) is 0 Å². The van der Waals surface area contributed by atoms with Gasteiger partial charge in [0.05, 0.1) is 0 Å². The van der Waals surface area contributed by atoms with Crippen LogP contribution in [0, 0.1) is 0 Å². The number of furan rings is 1. The molecule has 0 aliphatic heterocycles. The van der Waals surface area contributed by atoms with Crippen molar-refractivity contribution in [2.24, 2.45) is 0 Å². The Morgan fingerprint density at radius 2 is 0.891 bits per heavy atom. The molecule has 1 aliphatic carbocycles. The fourth-order valence-electron chi connectivity index (χ4n) is 11.8. The quantitative estimate of drug-likeness (QED) is 0.128. The van der Waals surface area contributed by atoms with Crippen LogP contribution in [0.4, 0.5) is 0 Å². The molecular formula is C63H40O. The molecule has 298 valence electrons. The van der Waals surface area contributed by atoms with Crippen molar-refractivity contribution in [3.05, 3.63) is 217 Å². The maximum Gasteiger partial charge on any atom is 0.143 e. The van der Waals surface area contributed by atoms with E-state index in [4.69, 9.17) is 4.42 Å². The molecule has 0 saturated carbocycles. The van der Waals surface area contributed by atoms with Gasteiger partial charge in [-0.1, -0.05) is 190 Å². The van der Waals surface area contributed by atoms with Crippen LogP contribution >= 0.6 is 0 Å². The van der Waals surface area contributed by atoms with Gasteiger partial charge in [0.1, 0.15) is 11.2 Å². The molecule has 0 saturated heterocycles. The number of fused-ring (bicyclic) bond motifs is 15. The number of benzene rings is 12. The van der Waals surface area contributed by atoms with Crippen LogP contribution in [0.15, 0.2) is 211 Å². The SMILES string of the molecule is CC1(C)c2ccc(-c3c4ccccc4c(-c4cccc5ccccc45)c4ccccc34)cc2-c2cccc(-c3ccc4c(c3)c3ccccc3c3c5cc6ccccc6cc5oc43)c21. The molecule has 0 radical (unpaired) electrons. The lowest BCUT2D eigenvalue weighted by Crippen LogP contribution is -2.16. The Hall–Kier alpha value is -8.00. The van der Waals surface area contributed by atoms with Crippen molar-refractivity contribution in [3.63, 3.8) is 0 Å². The maximum atomic E-state index is 6.82. The maximum absolute atomic E-state index is 6.82. The van der Waals surface area contributed by atoms with Crippen molar-refractivity contribution in [3.8, 4) is 44.5 Å². The molecule has 0 fully saturated rings. The van der Waals surface area contributed by atoms with Crippen molar-refractivity contribution in [2.75, 3.05) is 0 Å². The predicted molar refractivity (Wildman–Crippen MR) is 273 cm³/mol. The van der Waals surface area contributed by atoms with Crippen LogP contribution in [-0.4, -0.2) is 0 Å². The van der Waals surface area contributed by atoms with Gasteiger partial charge in [0.25, 0.3) is 0 Å². The Kier molecular flexibility index (Phi) is 7.24. The van der Waals surface area contributed by atoms with Crippen LogP contribution in [0.5, 0.6) is 0 Å². The normalized spacial score (nSPS) is 13.3. The largest absolute Gasteiger partial charge is 0.455 e. The highest BCUT2D eigenvalue weighted by molar-refractivity contribution is 6.31. The minimum atomic E-state index is -0.218. The number of hydrogen-bond donors (Lipinski definition) is 0. The number of rotatable bonds is 3. The number of hydrogen-bond acceptors (Lipinski definition) is 1. The highest BCUT2D eigenvalue weighted by Crippen LogP contribution is 2.55. The summed E-state index contributed by atoms with van der Waals surface area (Å²) in [5.74, 6) is 0. The fraction of sp³-hybridized carbons (Fsp3) is 0.0476. The summed E-state index contributed by atoms with van der Waals surface area (Å²) < 4.78 is 6.82. The van der Waals surface area contributed by atoms with E-state index in [0.29, 0.717) is 0 Å². The molecule has 0 N–H and O–H groups in total. The Bertz CT molecular complexity index is 4100. The van der Waals surface area contributed by atoms with Crippen molar-refractivity contribution in [2.45, 2.75) is 19.3 Å². The lowest BCUT2D eigenvalue weighted by atomic mass is 9.78. The van der Waals surface area contributed by atoms with E-state index in [9.17, 15) is 0 Å². The Morgan fingerprint density at radius 1 is 0.328 bits per heavy atom. The van der Waals surface area contributed by atoms with E-state index in [0.717, 1.165) is 21.9 Å². The molecule has 1 nitrogen and oxygen atoms in total. The third kappa shape index (κ3) is 4.84. The molecule has 14 rings (SSSR count). The van der Waals surface area contributed by atoms with Crippen LogP contribution in [-0.2, 0) is 5.41 Å². The summed E-state index contributed by atoms with van der Waals surface area (Å²) >= 11 is 0. The summed E-state index contributed by atoms with van der Waals surface area (Å²) in [6.07, 6.45) is 0. The van der Waals surface area contributed by atoms with Gasteiger partial charge in [0, 0.05) is 21.6 Å². The molecule has 12 aromatic carbocycles. The summed E-state index contributed by atoms with van der Waals surface area (Å²) in [5.41, 5.74) is 14.6. The first-order valence-corrected chi connectivity index (χ1v) is 22.4. The van der Waals surface area contributed by atoms with Crippen molar-refractivity contribution >= 4 is 86.6 Å². The van der Waals surface area contributed by atoms with Gasteiger partial charge in [-0.3, -0.25) is 0 Å². The Morgan fingerprint density at radius 3 is 1.64 bits per heavy atom. The molecule has 0 bridgehead atoms. The standard InChI is InChI=1S/C63H40O/c1-63(2)56-32-30-41(58-47-22-9-11-24-49(47)59(50-25-12-10-23-48(50)58)45-27-13-18-37-15-5-6-19-42(37)45)35-54(56)51-28-14-26-43(61(51)63)40-29-31-52-53(34-40)44-20-7-8-21-46(44)60-55-33-38-16-3-4-17-39(38)36-57(55)64-62(52)60/h3-36H,1-2H3. The smallest absolute Gasteiger partial charge is 0.143 e. The average Bonchev–Trinajstić information content (AvgIpc) is 3.83. The zero-order chi connectivity index (χ0) is 42.3. The molecule has 1 heteroatoms. The van der Waals surface area contributed by atoms with Gasteiger partial charge in [-0.25, -0.2) is 0 Å². The van der Waals surface area contributed by atoms with Crippen molar-refractivity contribution < 1.29 is 4.42 Å². The van der Waals surface area contributed by atoms with E-state index in [1.165, 1.54) is 120 Å². The second-order valence-corrected chi connectivity index (χ2v) is 18.3. The first kappa shape index (κ1) is 35.6. The first-order chi connectivity index (χ1) is 31.5. The topological polar surface area (TPSA) is 13.1 Å². The molecule has 1 aromatic heterocycles. The third-order valence-electron chi connectivity index (χ3n) is 14.6. The zero-order valence-electron chi connectivity index (χ0n) is 35.5. The van der Waals surface area contributed by atoms with Gasteiger partial charge in [0.2, 0.25) is 0 Å². The minimum Gasteiger partial charge on any atom is -0.455 e. The van der Waals surface area contributed by atoms with Crippen molar-refractivity contribution in [1.82, 2.24) is 0 Å². The lowest BCUT2D eigenvalue weighted by Gasteiger charge is -2.25. The van der Waals surface area contributed by atoms with Gasteiger partial charge in [0.15, 0.2) is 0 Å². The molecule has 0 atom stereocenters. The van der Waals surface area contributed by atoms with Crippen LogP contribution < -0.4 is 0 Å². The highest BCUT2D eigenvalue weighted by atomic mass is 16.3. The molecule has 1 heterocycles. The van der Waals surface area contributed by atoms with E-state index in [-0.39, 0.29) is 5.41 Å². The van der Waals surface area contributed by atoms with E-state index in [2.05, 4.69) is 220 Å². The molecule has 13 aromatic rings. The monoisotopic (exact) mass is 812 g/mol. The Labute approximate surface area is 370 Å². The average molecular weight is 813 g/mol. The van der Waals surface area contributed by atoms with Gasteiger partial charge in [-0.05, 0) is 145 Å². The van der Waals surface area contributed by atoms with Crippen LogP contribution in [0.1, 0.15) is 25.0 Å². The summed E-state index contributed by atoms with van der Waals surface area (Å²) in [5, 5.41) is 17.2. The van der Waals surface area contributed by atoms with Gasteiger partial charge in [-0.15, -0.1) is 0 Å². The molecular weight excluding hydrogens is 773 g/mol. The summed E-state index contributed by atoms with van der Waals surface area (Å²) in [6, 6.07) is 76.6. The van der Waals surface area contributed by atoms with Gasteiger partial charge >= 0.3 is 0 Å². The van der Waals surface area contributed by atoms with E-state index >= 15 is 0 Å². The third-order valence-corrected chi connectivity index (χ3v) is 14.6. The summed E-state index contributed by atoms with van der Waals surface area (Å²) in [7, 11) is 0. The van der Waals surface area contributed by atoms with Crippen molar-refractivity contribution in [1.29, 1.82) is 0 Å². The lowest BCUT2D eigenvalue weighted by molar-refractivity contribution is 0.662. The zero-order valence-corrected chi connectivity index (χ0v) is 35.5. The molecule has 1 aliphatic rings. The van der Waals surface area contributed by atoms with E-state index < -0.39 is 0 Å². The molecule has 64 heavy (non-hydrogen) atoms.